The lowest BCUT2D eigenvalue weighted by Gasteiger charge is -2.22. The largest absolute Gasteiger partial charge is 0.385 e. The molecule has 1 N–H and O–H groups in total. The van der Waals surface area contributed by atoms with E-state index in [2.05, 4.69) is 16.4 Å². The summed E-state index contributed by atoms with van der Waals surface area (Å²) in [6.45, 7) is 3.25. The second-order valence-electron chi connectivity index (χ2n) is 4.59. The van der Waals surface area contributed by atoms with Crippen molar-refractivity contribution in [1.29, 1.82) is 5.26 Å². The number of carbonyl (C=O) groups is 1. The quantitative estimate of drug-likeness (QED) is 0.847. The Morgan fingerprint density at radius 1 is 1.63 bits per heavy atom. The monoisotopic (exact) mass is 258 g/mol. The third-order valence-electron chi connectivity index (χ3n) is 3.13. The molecule has 1 aliphatic carbocycles. The van der Waals surface area contributed by atoms with Gasteiger partial charge in [-0.25, -0.2) is 0 Å². The van der Waals surface area contributed by atoms with Gasteiger partial charge in [0.2, 0.25) is 0 Å². The molecule has 1 aromatic rings. The molecule has 1 aliphatic rings. The number of nitrogens with zero attached hydrogens (tertiary/aromatic N) is 3. The first-order chi connectivity index (χ1) is 9.27. The zero-order valence-electron chi connectivity index (χ0n) is 11.1. The predicted molar refractivity (Wildman–Crippen MR) is 72.7 cm³/mol. The van der Waals surface area contributed by atoms with Gasteiger partial charge >= 0.3 is 0 Å². The summed E-state index contributed by atoms with van der Waals surface area (Å²) in [5, 5.41) is 11.9. The summed E-state index contributed by atoms with van der Waals surface area (Å²) in [6, 6.07) is 4.21. The SMILES string of the molecule is CCNc1ccncc1C(=O)N(CCC#N)C1CC1. The molecule has 2 rings (SSSR count). The van der Waals surface area contributed by atoms with Crippen LogP contribution in [0.4, 0.5) is 5.69 Å². The molecule has 1 saturated carbocycles. The van der Waals surface area contributed by atoms with E-state index in [0.29, 0.717) is 24.6 Å². The van der Waals surface area contributed by atoms with Crippen LogP contribution in [0.2, 0.25) is 0 Å². The maximum absolute atomic E-state index is 12.6. The number of aromatic nitrogens is 1. The first kappa shape index (κ1) is 13.3. The summed E-state index contributed by atoms with van der Waals surface area (Å²) in [5.41, 5.74) is 1.40. The van der Waals surface area contributed by atoms with Gasteiger partial charge in [-0.05, 0) is 25.8 Å². The Morgan fingerprint density at radius 3 is 3.05 bits per heavy atom. The van der Waals surface area contributed by atoms with E-state index in [0.717, 1.165) is 25.1 Å². The van der Waals surface area contributed by atoms with Gasteiger partial charge < -0.3 is 10.2 Å². The molecule has 0 atom stereocenters. The number of rotatable bonds is 6. The molecule has 0 radical (unpaired) electrons. The van der Waals surface area contributed by atoms with Gasteiger partial charge in [-0.15, -0.1) is 0 Å². The van der Waals surface area contributed by atoms with Crippen molar-refractivity contribution in [2.45, 2.75) is 32.2 Å². The van der Waals surface area contributed by atoms with Crippen LogP contribution in [-0.4, -0.2) is 34.9 Å². The highest BCUT2D eigenvalue weighted by molar-refractivity contribution is 5.99. The minimum atomic E-state index is -0.0261. The average Bonchev–Trinajstić information content (AvgIpc) is 3.24. The first-order valence-electron chi connectivity index (χ1n) is 6.63. The van der Waals surface area contributed by atoms with Gasteiger partial charge in [-0.2, -0.15) is 5.26 Å². The second-order valence-corrected chi connectivity index (χ2v) is 4.59. The van der Waals surface area contributed by atoms with E-state index < -0.39 is 0 Å². The van der Waals surface area contributed by atoms with Crippen LogP contribution < -0.4 is 5.32 Å². The van der Waals surface area contributed by atoms with Crippen LogP contribution in [-0.2, 0) is 0 Å². The van der Waals surface area contributed by atoms with Gasteiger partial charge in [0.05, 0.1) is 23.7 Å². The molecule has 0 aliphatic heterocycles. The van der Waals surface area contributed by atoms with Gasteiger partial charge in [-0.1, -0.05) is 0 Å². The summed E-state index contributed by atoms with van der Waals surface area (Å²) in [5.74, 6) is -0.0261. The van der Waals surface area contributed by atoms with Crippen LogP contribution >= 0.6 is 0 Å². The summed E-state index contributed by atoms with van der Waals surface area (Å²) in [7, 11) is 0. The molecule has 1 fully saturated rings. The summed E-state index contributed by atoms with van der Waals surface area (Å²) in [6.07, 6.45) is 5.72. The number of anilines is 1. The molecule has 5 nitrogen and oxygen atoms in total. The Kier molecular flexibility index (Phi) is 4.35. The third-order valence-corrected chi connectivity index (χ3v) is 3.13. The minimum Gasteiger partial charge on any atom is -0.385 e. The maximum atomic E-state index is 12.6. The lowest BCUT2D eigenvalue weighted by molar-refractivity contribution is 0.0747. The van der Waals surface area contributed by atoms with Crippen molar-refractivity contribution in [2.75, 3.05) is 18.4 Å². The number of nitrogens with one attached hydrogen (secondary N) is 1. The summed E-state index contributed by atoms with van der Waals surface area (Å²) < 4.78 is 0. The van der Waals surface area contributed by atoms with Crippen molar-refractivity contribution in [3.05, 3.63) is 24.0 Å². The highest BCUT2D eigenvalue weighted by Crippen LogP contribution is 2.29. The van der Waals surface area contributed by atoms with Gasteiger partial charge in [0.15, 0.2) is 0 Å². The molecule has 1 heterocycles. The minimum absolute atomic E-state index is 0.0261. The van der Waals surface area contributed by atoms with E-state index in [1.165, 1.54) is 0 Å². The second kappa shape index (κ2) is 6.19. The zero-order valence-corrected chi connectivity index (χ0v) is 11.1. The van der Waals surface area contributed by atoms with E-state index in [4.69, 9.17) is 5.26 Å². The number of hydrogen-bond acceptors (Lipinski definition) is 4. The van der Waals surface area contributed by atoms with Crippen LogP contribution in [0.15, 0.2) is 18.5 Å². The number of pyridine rings is 1. The van der Waals surface area contributed by atoms with Crippen molar-refractivity contribution in [2.24, 2.45) is 0 Å². The first-order valence-corrected chi connectivity index (χ1v) is 6.63. The highest BCUT2D eigenvalue weighted by Gasteiger charge is 2.33. The number of amides is 1. The molecular formula is C14H18N4O. The average molecular weight is 258 g/mol. The molecule has 19 heavy (non-hydrogen) atoms. The molecule has 1 aromatic heterocycles. The van der Waals surface area contributed by atoms with E-state index in [-0.39, 0.29) is 5.91 Å². The Morgan fingerprint density at radius 2 is 2.42 bits per heavy atom. The third kappa shape index (κ3) is 3.22. The Hall–Kier alpha value is -2.09. The van der Waals surface area contributed by atoms with E-state index in [1.807, 2.05) is 13.0 Å². The predicted octanol–water partition coefficient (Wildman–Crippen LogP) is 2.03. The standard InChI is InChI=1S/C14H18N4O/c1-2-17-13-6-8-16-10-12(13)14(19)18(9-3-7-15)11-4-5-11/h6,8,10-11H,2-5,9H2,1H3,(H,16,17). The highest BCUT2D eigenvalue weighted by atomic mass is 16.2. The van der Waals surface area contributed by atoms with Crippen molar-refractivity contribution in [3.63, 3.8) is 0 Å². The molecule has 0 unspecified atom stereocenters. The number of hydrogen-bond donors (Lipinski definition) is 1. The maximum Gasteiger partial charge on any atom is 0.257 e. The van der Waals surface area contributed by atoms with E-state index in [9.17, 15) is 4.79 Å². The summed E-state index contributed by atoms with van der Waals surface area (Å²) >= 11 is 0. The molecule has 0 spiro atoms. The lowest BCUT2D eigenvalue weighted by atomic mass is 10.2. The van der Waals surface area contributed by atoms with E-state index in [1.54, 1.807) is 17.3 Å². The smallest absolute Gasteiger partial charge is 0.257 e. The molecule has 0 bridgehead atoms. The molecule has 5 heteroatoms. The summed E-state index contributed by atoms with van der Waals surface area (Å²) in [4.78, 5) is 18.4. The van der Waals surface area contributed by atoms with Gasteiger partial charge in [0.1, 0.15) is 0 Å². The fraction of sp³-hybridized carbons (Fsp3) is 0.500. The number of carbonyl (C=O) groups excluding carboxylic acids is 1. The normalized spacial score (nSPS) is 13.7. The van der Waals surface area contributed by atoms with Gasteiger partial charge in [0.25, 0.3) is 5.91 Å². The Balaban J connectivity index is 2.19. The lowest BCUT2D eigenvalue weighted by Crippen LogP contribution is -2.34. The topological polar surface area (TPSA) is 69.0 Å². The Bertz CT molecular complexity index is 490. The zero-order chi connectivity index (χ0) is 13.7. The van der Waals surface area contributed by atoms with E-state index >= 15 is 0 Å². The van der Waals surface area contributed by atoms with Crippen LogP contribution in [0.1, 0.15) is 36.5 Å². The van der Waals surface area contributed by atoms with Gasteiger partial charge in [-0.3, -0.25) is 9.78 Å². The van der Waals surface area contributed by atoms with Crippen LogP contribution in [0.5, 0.6) is 0 Å². The van der Waals surface area contributed by atoms with Crippen LogP contribution in [0, 0.1) is 11.3 Å². The molecule has 100 valence electrons. The van der Waals surface area contributed by atoms with Crippen molar-refractivity contribution in [1.82, 2.24) is 9.88 Å². The van der Waals surface area contributed by atoms with Crippen LogP contribution in [0.25, 0.3) is 0 Å². The van der Waals surface area contributed by atoms with Crippen molar-refractivity contribution >= 4 is 11.6 Å². The Labute approximate surface area is 113 Å². The fourth-order valence-corrected chi connectivity index (χ4v) is 2.07. The van der Waals surface area contributed by atoms with Crippen LogP contribution in [0.3, 0.4) is 0 Å². The van der Waals surface area contributed by atoms with Gasteiger partial charge in [0, 0.05) is 31.5 Å². The molecule has 0 aromatic carbocycles. The molecule has 0 saturated heterocycles. The molecule has 1 amide bonds. The molecular weight excluding hydrogens is 240 g/mol. The van der Waals surface area contributed by atoms with Crippen molar-refractivity contribution in [3.8, 4) is 6.07 Å². The fourth-order valence-electron chi connectivity index (χ4n) is 2.07. The van der Waals surface area contributed by atoms with Crippen molar-refractivity contribution < 1.29 is 4.79 Å². The number of nitriles is 1.